The minimum Gasteiger partial charge on any atom is -0.381 e. The maximum absolute atomic E-state index is 5.72. The largest absolute Gasteiger partial charge is 0.381 e. The zero-order chi connectivity index (χ0) is 11.0. The van der Waals surface area contributed by atoms with E-state index in [0.717, 1.165) is 44.9 Å². The number of nitrogens with two attached hydrogens (primary N) is 1. The van der Waals surface area contributed by atoms with E-state index in [2.05, 4.69) is 27.7 Å². The summed E-state index contributed by atoms with van der Waals surface area (Å²) in [5.41, 5.74) is 6.00. The van der Waals surface area contributed by atoms with E-state index in [1.54, 1.807) is 0 Å². The second-order valence-corrected chi connectivity index (χ2v) is 4.91. The van der Waals surface area contributed by atoms with Crippen LogP contribution in [0.15, 0.2) is 0 Å². The highest BCUT2D eigenvalue weighted by atomic mass is 16.5. The molecule has 14 heavy (non-hydrogen) atoms. The van der Waals surface area contributed by atoms with Gasteiger partial charge in [0.05, 0.1) is 0 Å². The van der Waals surface area contributed by atoms with Crippen molar-refractivity contribution in [2.24, 2.45) is 17.1 Å². The van der Waals surface area contributed by atoms with Crippen molar-refractivity contribution in [2.45, 2.75) is 47.0 Å². The Morgan fingerprint density at radius 1 is 1.29 bits per heavy atom. The summed E-state index contributed by atoms with van der Waals surface area (Å²) in [5.74, 6) is 0.738. The molecule has 0 saturated carbocycles. The molecule has 0 bridgehead atoms. The van der Waals surface area contributed by atoms with Crippen LogP contribution in [0.25, 0.3) is 0 Å². The van der Waals surface area contributed by atoms with Gasteiger partial charge in [-0.25, -0.2) is 0 Å². The second-order valence-electron chi connectivity index (χ2n) is 4.91. The van der Waals surface area contributed by atoms with Crippen molar-refractivity contribution in [3.8, 4) is 0 Å². The minimum absolute atomic E-state index is 0.276. The van der Waals surface area contributed by atoms with Crippen LogP contribution < -0.4 is 5.73 Å². The Balaban J connectivity index is 3.43. The standard InChI is InChI=1S/C12H27NO/c1-5-12(4,10-13)7-9-14-8-6-11(2)3/h11H,5-10,13H2,1-4H3. The second kappa shape index (κ2) is 7.24. The first-order chi connectivity index (χ1) is 6.54. The SMILES string of the molecule is CCC(C)(CN)CCOCCC(C)C. The number of rotatable bonds is 8. The van der Waals surface area contributed by atoms with E-state index in [-0.39, 0.29) is 5.41 Å². The summed E-state index contributed by atoms with van der Waals surface area (Å²) >= 11 is 0. The van der Waals surface area contributed by atoms with Gasteiger partial charge < -0.3 is 10.5 Å². The van der Waals surface area contributed by atoms with Gasteiger partial charge in [0.15, 0.2) is 0 Å². The molecule has 1 unspecified atom stereocenters. The molecule has 86 valence electrons. The number of hydrogen-bond acceptors (Lipinski definition) is 2. The van der Waals surface area contributed by atoms with Crippen LogP contribution in [0.1, 0.15) is 47.0 Å². The monoisotopic (exact) mass is 201 g/mol. The lowest BCUT2D eigenvalue weighted by Gasteiger charge is -2.26. The molecule has 0 saturated heterocycles. The average molecular weight is 201 g/mol. The van der Waals surface area contributed by atoms with Crippen molar-refractivity contribution in [1.29, 1.82) is 0 Å². The molecule has 0 radical (unpaired) electrons. The van der Waals surface area contributed by atoms with E-state index >= 15 is 0 Å². The van der Waals surface area contributed by atoms with Crippen molar-refractivity contribution in [3.05, 3.63) is 0 Å². The minimum atomic E-state index is 0.276. The van der Waals surface area contributed by atoms with Crippen LogP contribution in [0.3, 0.4) is 0 Å². The van der Waals surface area contributed by atoms with E-state index in [1.807, 2.05) is 0 Å². The van der Waals surface area contributed by atoms with Crippen LogP contribution in [-0.4, -0.2) is 19.8 Å². The van der Waals surface area contributed by atoms with Crippen LogP contribution in [0.4, 0.5) is 0 Å². The molecular weight excluding hydrogens is 174 g/mol. The smallest absolute Gasteiger partial charge is 0.0471 e. The quantitative estimate of drug-likeness (QED) is 0.613. The lowest BCUT2D eigenvalue weighted by atomic mass is 9.84. The Morgan fingerprint density at radius 2 is 1.93 bits per heavy atom. The topological polar surface area (TPSA) is 35.2 Å². The van der Waals surface area contributed by atoms with E-state index in [9.17, 15) is 0 Å². The van der Waals surface area contributed by atoms with E-state index in [1.165, 1.54) is 0 Å². The van der Waals surface area contributed by atoms with Crippen molar-refractivity contribution in [2.75, 3.05) is 19.8 Å². The molecule has 2 N–H and O–H groups in total. The zero-order valence-electron chi connectivity index (χ0n) is 10.3. The van der Waals surface area contributed by atoms with Gasteiger partial charge in [-0.05, 0) is 37.1 Å². The molecule has 0 fully saturated rings. The molecule has 0 rings (SSSR count). The van der Waals surface area contributed by atoms with Crippen LogP contribution in [-0.2, 0) is 4.74 Å². The maximum atomic E-state index is 5.72. The van der Waals surface area contributed by atoms with Crippen molar-refractivity contribution >= 4 is 0 Å². The molecule has 0 amide bonds. The molecule has 1 atom stereocenters. The first-order valence-electron chi connectivity index (χ1n) is 5.82. The molecule has 0 aromatic heterocycles. The Hall–Kier alpha value is -0.0800. The van der Waals surface area contributed by atoms with Gasteiger partial charge >= 0.3 is 0 Å². The lowest BCUT2D eigenvalue weighted by molar-refractivity contribution is 0.0920. The Bertz CT molecular complexity index is 130. The van der Waals surface area contributed by atoms with E-state index in [4.69, 9.17) is 10.5 Å². The molecule has 0 heterocycles. The third kappa shape index (κ3) is 6.39. The first kappa shape index (κ1) is 13.9. The Morgan fingerprint density at radius 3 is 2.36 bits per heavy atom. The molecule has 2 heteroatoms. The first-order valence-corrected chi connectivity index (χ1v) is 5.82. The predicted molar refractivity (Wildman–Crippen MR) is 62.3 cm³/mol. The van der Waals surface area contributed by atoms with Gasteiger partial charge in [-0.1, -0.05) is 27.7 Å². The summed E-state index contributed by atoms with van der Waals surface area (Å²) in [4.78, 5) is 0. The van der Waals surface area contributed by atoms with Gasteiger partial charge in [-0.3, -0.25) is 0 Å². The molecular formula is C12H27NO. The summed E-state index contributed by atoms with van der Waals surface area (Å²) in [5, 5.41) is 0. The van der Waals surface area contributed by atoms with E-state index < -0.39 is 0 Å². The Kier molecular flexibility index (Phi) is 7.20. The van der Waals surface area contributed by atoms with E-state index in [0.29, 0.717) is 0 Å². The highest BCUT2D eigenvalue weighted by molar-refractivity contribution is 4.72. The van der Waals surface area contributed by atoms with Crippen LogP contribution in [0.5, 0.6) is 0 Å². The van der Waals surface area contributed by atoms with Gasteiger partial charge in [0, 0.05) is 13.2 Å². The molecule has 0 aliphatic rings. The van der Waals surface area contributed by atoms with Gasteiger partial charge in [-0.2, -0.15) is 0 Å². The molecule has 0 aromatic rings. The number of ether oxygens (including phenoxy) is 1. The van der Waals surface area contributed by atoms with Crippen LogP contribution >= 0.6 is 0 Å². The summed E-state index contributed by atoms with van der Waals surface area (Å²) in [6.07, 6.45) is 3.38. The van der Waals surface area contributed by atoms with Gasteiger partial charge in [-0.15, -0.1) is 0 Å². The van der Waals surface area contributed by atoms with Crippen molar-refractivity contribution < 1.29 is 4.74 Å². The molecule has 0 aliphatic carbocycles. The normalized spacial score (nSPS) is 15.9. The van der Waals surface area contributed by atoms with Gasteiger partial charge in [0.1, 0.15) is 0 Å². The average Bonchev–Trinajstić information content (AvgIpc) is 2.16. The highest BCUT2D eigenvalue weighted by Gasteiger charge is 2.19. The van der Waals surface area contributed by atoms with Crippen molar-refractivity contribution in [1.82, 2.24) is 0 Å². The van der Waals surface area contributed by atoms with Crippen molar-refractivity contribution in [3.63, 3.8) is 0 Å². The van der Waals surface area contributed by atoms with Crippen LogP contribution in [0.2, 0.25) is 0 Å². The summed E-state index contributed by atoms with van der Waals surface area (Å²) in [6.45, 7) is 11.4. The van der Waals surface area contributed by atoms with Gasteiger partial charge in [0.2, 0.25) is 0 Å². The zero-order valence-corrected chi connectivity index (χ0v) is 10.3. The maximum Gasteiger partial charge on any atom is 0.0471 e. The molecule has 0 spiro atoms. The fraction of sp³-hybridized carbons (Fsp3) is 1.00. The third-order valence-corrected chi connectivity index (χ3v) is 3.04. The fourth-order valence-corrected chi connectivity index (χ4v) is 1.16. The number of hydrogen-bond donors (Lipinski definition) is 1. The fourth-order valence-electron chi connectivity index (χ4n) is 1.16. The predicted octanol–water partition coefficient (Wildman–Crippen LogP) is 2.81. The third-order valence-electron chi connectivity index (χ3n) is 3.04. The molecule has 0 aromatic carbocycles. The highest BCUT2D eigenvalue weighted by Crippen LogP contribution is 2.23. The Labute approximate surface area is 89.2 Å². The summed E-state index contributed by atoms with van der Waals surface area (Å²) in [7, 11) is 0. The molecule has 2 nitrogen and oxygen atoms in total. The summed E-state index contributed by atoms with van der Waals surface area (Å²) in [6, 6.07) is 0. The lowest BCUT2D eigenvalue weighted by Crippen LogP contribution is -2.28. The molecule has 0 aliphatic heterocycles. The van der Waals surface area contributed by atoms with Crippen LogP contribution in [0, 0.1) is 11.3 Å². The van der Waals surface area contributed by atoms with Gasteiger partial charge in [0.25, 0.3) is 0 Å². The summed E-state index contributed by atoms with van der Waals surface area (Å²) < 4.78 is 5.59.